The van der Waals surface area contributed by atoms with E-state index in [1.165, 1.54) is 51.4 Å². The summed E-state index contributed by atoms with van der Waals surface area (Å²) >= 11 is 0. The number of ether oxygens (including phenoxy) is 2. The van der Waals surface area contributed by atoms with E-state index in [0.717, 1.165) is 53.9 Å². The Labute approximate surface area is 219 Å². The van der Waals surface area contributed by atoms with Gasteiger partial charge in [-0.1, -0.05) is 72.6 Å². The number of esters is 1. The van der Waals surface area contributed by atoms with Gasteiger partial charge in [0.25, 0.3) is 0 Å². The number of hydrogen-bond acceptors (Lipinski definition) is 4. The van der Waals surface area contributed by atoms with Gasteiger partial charge >= 0.3 is 11.9 Å². The van der Waals surface area contributed by atoms with Crippen LogP contribution in [0.3, 0.4) is 0 Å². The van der Waals surface area contributed by atoms with E-state index in [0.29, 0.717) is 5.75 Å². The van der Waals surface area contributed by atoms with Crippen LogP contribution in [-0.2, 0) is 16.0 Å². The Kier molecular flexibility index (Phi) is 12.3. The van der Waals surface area contributed by atoms with E-state index in [1.807, 2.05) is 19.1 Å². The molecule has 0 aromatic heterocycles. The third kappa shape index (κ3) is 10.9. The number of fused-ring (bicyclic) bond motifs is 1. The third-order valence-electron chi connectivity index (χ3n) is 7.68. The molecule has 1 aliphatic heterocycles. The van der Waals surface area contributed by atoms with Gasteiger partial charge < -0.3 is 14.6 Å². The van der Waals surface area contributed by atoms with E-state index in [9.17, 15) is 9.59 Å². The first-order valence-corrected chi connectivity index (χ1v) is 14.2. The number of aliphatic carboxylic acids is 1. The molecular formula is C31H50O5. The molecule has 0 fully saturated rings. The highest BCUT2D eigenvalue weighted by Gasteiger charge is 2.32. The Hall–Kier alpha value is -2.04. The highest BCUT2D eigenvalue weighted by atomic mass is 16.5. The molecule has 5 heteroatoms. The molecule has 1 heterocycles. The summed E-state index contributed by atoms with van der Waals surface area (Å²) in [5, 5.41) is 8.76. The monoisotopic (exact) mass is 502 g/mol. The summed E-state index contributed by atoms with van der Waals surface area (Å²) in [4.78, 5) is 22.6. The predicted octanol–water partition coefficient (Wildman–Crippen LogP) is 8.29. The Morgan fingerprint density at radius 2 is 1.58 bits per heavy atom. The average Bonchev–Trinajstić information content (AvgIpc) is 2.78. The third-order valence-corrected chi connectivity index (χ3v) is 7.68. The fourth-order valence-electron chi connectivity index (χ4n) is 5.18. The molecule has 2 rings (SSSR count). The summed E-state index contributed by atoms with van der Waals surface area (Å²) in [6, 6.07) is 3.84. The van der Waals surface area contributed by atoms with Crippen LogP contribution in [-0.4, -0.2) is 22.6 Å². The summed E-state index contributed by atoms with van der Waals surface area (Å²) in [5.41, 5.74) is 1.72. The minimum atomic E-state index is -1.00. The summed E-state index contributed by atoms with van der Waals surface area (Å²) < 4.78 is 11.9. The quantitative estimate of drug-likeness (QED) is 0.182. The lowest BCUT2D eigenvalue weighted by Gasteiger charge is -2.36. The summed E-state index contributed by atoms with van der Waals surface area (Å²) in [5.74, 6) is 2.29. The molecule has 36 heavy (non-hydrogen) atoms. The van der Waals surface area contributed by atoms with Gasteiger partial charge in [0.1, 0.15) is 17.1 Å². The second kappa shape index (κ2) is 14.6. The zero-order valence-corrected chi connectivity index (χ0v) is 23.7. The smallest absolute Gasteiger partial charge is 0.311 e. The highest BCUT2D eigenvalue weighted by molar-refractivity contribution is 5.78. The molecule has 0 saturated carbocycles. The average molecular weight is 503 g/mol. The minimum Gasteiger partial charge on any atom is -0.487 e. The Bertz CT molecular complexity index is 846. The van der Waals surface area contributed by atoms with Gasteiger partial charge in [-0.05, 0) is 80.5 Å². The number of carbonyl (C=O) groups is 2. The SMILES string of the molecule is Cc1cc2c(cc1OC(=O)CCC(=O)O)CCC(C)(CCCC(C)CCCC(C)CCCC(C)C)O2. The molecule has 0 saturated heterocycles. The first-order chi connectivity index (χ1) is 17.0. The van der Waals surface area contributed by atoms with Crippen molar-refractivity contribution in [1.82, 2.24) is 0 Å². The van der Waals surface area contributed by atoms with E-state index >= 15 is 0 Å². The molecule has 0 aliphatic carbocycles. The molecule has 3 atom stereocenters. The van der Waals surface area contributed by atoms with Crippen molar-refractivity contribution >= 4 is 11.9 Å². The van der Waals surface area contributed by atoms with Gasteiger partial charge in [-0.3, -0.25) is 9.59 Å². The van der Waals surface area contributed by atoms with Crippen LogP contribution >= 0.6 is 0 Å². The van der Waals surface area contributed by atoms with Crippen molar-refractivity contribution in [2.45, 2.75) is 131 Å². The second-order valence-electron chi connectivity index (χ2n) is 12.0. The molecule has 3 unspecified atom stereocenters. The largest absolute Gasteiger partial charge is 0.487 e. The molecule has 0 bridgehead atoms. The Morgan fingerprint density at radius 1 is 0.972 bits per heavy atom. The van der Waals surface area contributed by atoms with Crippen molar-refractivity contribution in [3.8, 4) is 11.5 Å². The number of carboxylic acids is 1. The maximum absolute atomic E-state index is 12.0. The fraction of sp³-hybridized carbons (Fsp3) is 0.742. The zero-order valence-electron chi connectivity index (χ0n) is 23.7. The van der Waals surface area contributed by atoms with Gasteiger partial charge in [0.2, 0.25) is 0 Å². The van der Waals surface area contributed by atoms with Crippen LogP contribution in [0.1, 0.15) is 123 Å². The van der Waals surface area contributed by atoms with E-state index in [4.69, 9.17) is 14.6 Å². The molecule has 1 aromatic rings. The van der Waals surface area contributed by atoms with Crippen molar-refractivity contribution in [2.24, 2.45) is 17.8 Å². The van der Waals surface area contributed by atoms with Gasteiger partial charge in [-0.2, -0.15) is 0 Å². The van der Waals surface area contributed by atoms with Crippen LogP contribution in [0.4, 0.5) is 0 Å². The number of rotatable bonds is 16. The predicted molar refractivity (Wildman–Crippen MR) is 146 cm³/mol. The van der Waals surface area contributed by atoms with Crippen molar-refractivity contribution in [3.63, 3.8) is 0 Å². The van der Waals surface area contributed by atoms with E-state index in [-0.39, 0.29) is 18.4 Å². The number of benzene rings is 1. The molecule has 204 valence electrons. The molecule has 0 amide bonds. The van der Waals surface area contributed by atoms with Crippen molar-refractivity contribution < 1.29 is 24.2 Å². The van der Waals surface area contributed by atoms with Gasteiger partial charge in [0.05, 0.1) is 12.8 Å². The van der Waals surface area contributed by atoms with Crippen molar-refractivity contribution in [1.29, 1.82) is 0 Å². The molecule has 1 aliphatic rings. The van der Waals surface area contributed by atoms with E-state index in [1.54, 1.807) is 0 Å². The van der Waals surface area contributed by atoms with Gasteiger partial charge in [0.15, 0.2) is 0 Å². The summed E-state index contributed by atoms with van der Waals surface area (Å²) in [6.45, 7) is 13.5. The summed E-state index contributed by atoms with van der Waals surface area (Å²) in [6.07, 6.45) is 13.1. The van der Waals surface area contributed by atoms with Crippen molar-refractivity contribution in [3.05, 3.63) is 23.3 Å². The first-order valence-electron chi connectivity index (χ1n) is 14.2. The van der Waals surface area contributed by atoms with E-state index in [2.05, 4.69) is 34.6 Å². The maximum Gasteiger partial charge on any atom is 0.311 e. The lowest BCUT2D eigenvalue weighted by atomic mass is 9.86. The molecule has 0 spiro atoms. The normalized spacial score (nSPS) is 18.9. The fourth-order valence-corrected chi connectivity index (χ4v) is 5.18. The van der Waals surface area contributed by atoms with Crippen LogP contribution in [0.5, 0.6) is 11.5 Å². The van der Waals surface area contributed by atoms with Gasteiger partial charge in [-0.25, -0.2) is 0 Å². The first kappa shape index (κ1) is 30.2. The second-order valence-corrected chi connectivity index (χ2v) is 12.0. The molecule has 1 aromatic carbocycles. The van der Waals surface area contributed by atoms with Gasteiger partial charge in [0, 0.05) is 0 Å². The number of carbonyl (C=O) groups excluding carboxylic acids is 1. The van der Waals surface area contributed by atoms with Crippen molar-refractivity contribution in [2.75, 3.05) is 0 Å². The van der Waals surface area contributed by atoms with Crippen LogP contribution in [0.2, 0.25) is 0 Å². The number of carboxylic acid groups (broad SMARTS) is 1. The van der Waals surface area contributed by atoms with Crippen LogP contribution in [0, 0.1) is 24.7 Å². The topological polar surface area (TPSA) is 72.8 Å². The molecular weight excluding hydrogens is 452 g/mol. The highest BCUT2D eigenvalue weighted by Crippen LogP contribution is 2.39. The lowest BCUT2D eigenvalue weighted by Crippen LogP contribution is -2.36. The lowest BCUT2D eigenvalue weighted by molar-refractivity contribution is -0.142. The standard InChI is InChI=1S/C31H50O5/c1-22(2)10-7-11-23(3)12-8-13-24(4)14-9-18-31(6)19-17-26-21-27(25(5)20-28(26)36-31)35-30(34)16-15-29(32)33/h20-24H,7-19H2,1-6H3,(H,32,33). The molecule has 5 nitrogen and oxygen atoms in total. The maximum atomic E-state index is 12.0. The molecule has 0 radical (unpaired) electrons. The van der Waals surface area contributed by atoms with Gasteiger partial charge in [-0.15, -0.1) is 0 Å². The minimum absolute atomic E-state index is 0.129. The Morgan fingerprint density at radius 3 is 2.19 bits per heavy atom. The Balaban J connectivity index is 1.74. The number of hydrogen-bond donors (Lipinski definition) is 1. The molecule has 1 N–H and O–H groups in total. The van der Waals surface area contributed by atoms with E-state index < -0.39 is 11.9 Å². The number of aryl methyl sites for hydroxylation is 2. The van der Waals surface area contributed by atoms with Crippen LogP contribution in [0.15, 0.2) is 12.1 Å². The zero-order chi connectivity index (χ0) is 26.7. The summed E-state index contributed by atoms with van der Waals surface area (Å²) in [7, 11) is 0. The van der Waals surface area contributed by atoms with Crippen LogP contribution < -0.4 is 9.47 Å². The van der Waals surface area contributed by atoms with Crippen LogP contribution in [0.25, 0.3) is 0 Å².